The monoisotopic (exact) mass is 303 g/mol. The van der Waals surface area contributed by atoms with Crippen LogP contribution in [0.5, 0.6) is 0 Å². The van der Waals surface area contributed by atoms with Crippen LogP contribution in [-0.2, 0) is 0 Å². The molecule has 4 nitrogen and oxygen atoms in total. The Bertz CT molecular complexity index is 788. The Kier molecular flexibility index (Phi) is 2.56. The van der Waals surface area contributed by atoms with Crippen LogP contribution in [0.3, 0.4) is 0 Å². The molecule has 90 valence electrons. The second-order valence-corrected chi connectivity index (χ2v) is 5.06. The fraction of sp³-hybridized carbons (Fsp3) is 0.0769. The third-order valence-electron chi connectivity index (χ3n) is 2.87. The number of fused-ring (bicyclic) bond motifs is 1. The maximum Gasteiger partial charge on any atom is 0.272 e. The highest BCUT2D eigenvalue weighted by atomic mass is 79.9. The van der Waals surface area contributed by atoms with Gasteiger partial charge in [0.25, 0.3) is 5.56 Å². The summed E-state index contributed by atoms with van der Waals surface area (Å²) in [7, 11) is 0. The van der Waals surface area contributed by atoms with Crippen molar-refractivity contribution in [2.24, 2.45) is 0 Å². The average Bonchev–Trinajstić information content (AvgIpc) is 2.75. The Morgan fingerprint density at radius 1 is 1.22 bits per heavy atom. The first-order chi connectivity index (χ1) is 8.65. The predicted molar refractivity (Wildman–Crippen MR) is 74.6 cm³/mol. The number of aromatic amines is 2. The number of hydrogen-bond donors (Lipinski definition) is 2. The summed E-state index contributed by atoms with van der Waals surface area (Å²) in [5.41, 5.74) is 3.13. The summed E-state index contributed by atoms with van der Waals surface area (Å²) in [5.74, 6) is 0. The smallest absolute Gasteiger partial charge is 0.272 e. The van der Waals surface area contributed by atoms with E-state index in [0.717, 1.165) is 26.6 Å². The van der Waals surface area contributed by atoms with E-state index in [1.165, 1.54) is 0 Å². The van der Waals surface area contributed by atoms with Gasteiger partial charge in [0.15, 0.2) is 0 Å². The first-order valence-electron chi connectivity index (χ1n) is 5.48. The number of nitrogens with zero attached hydrogens (tertiary/aromatic N) is 1. The van der Waals surface area contributed by atoms with Crippen molar-refractivity contribution >= 4 is 26.8 Å². The number of aryl methyl sites for hydroxylation is 1. The van der Waals surface area contributed by atoms with Gasteiger partial charge in [0.1, 0.15) is 0 Å². The summed E-state index contributed by atoms with van der Waals surface area (Å²) in [5, 5.41) is 7.41. The molecular weight excluding hydrogens is 294 g/mol. The van der Waals surface area contributed by atoms with Crippen LogP contribution in [0.15, 0.2) is 39.7 Å². The lowest BCUT2D eigenvalue weighted by atomic mass is 10.1. The summed E-state index contributed by atoms with van der Waals surface area (Å²) in [6.45, 7) is 1.85. The summed E-state index contributed by atoms with van der Waals surface area (Å²) in [6, 6.07) is 7.73. The minimum atomic E-state index is -0.179. The van der Waals surface area contributed by atoms with Crippen LogP contribution in [0.4, 0.5) is 0 Å². The van der Waals surface area contributed by atoms with Crippen molar-refractivity contribution in [2.75, 3.05) is 0 Å². The number of benzene rings is 1. The predicted octanol–water partition coefficient (Wildman–Crippen LogP) is 2.99. The molecule has 0 fully saturated rings. The molecule has 1 aromatic carbocycles. The standard InChI is InChI=1S/C13H10BrN3O/c1-7-4-10(13(18)17-16-7)11-6-15-12-3-2-8(14)5-9(11)12/h2-6,15H,1H3,(H,17,18). The molecule has 0 saturated carbocycles. The summed E-state index contributed by atoms with van der Waals surface area (Å²) in [6.07, 6.45) is 1.85. The van der Waals surface area contributed by atoms with Gasteiger partial charge in [-0.25, -0.2) is 5.10 Å². The highest BCUT2D eigenvalue weighted by Crippen LogP contribution is 2.28. The Morgan fingerprint density at radius 2 is 2.06 bits per heavy atom. The molecule has 3 rings (SSSR count). The van der Waals surface area contributed by atoms with Gasteiger partial charge in [-0.15, -0.1) is 0 Å². The molecule has 0 radical (unpaired) electrons. The molecule has 0 atom stereocenters. The van der Waals surface area contributed by atoms with E-state index < -0.39 is 0 Å². The van der Waals surface area contributed by atoms with Gasteiger partial charge in [-0.1, -0.05) is 15.9 Å². The topological polar surface area (TPSA) is 61.5 Å². The van der Waals surface area contributed by atoms with Gasteiger partial charge in [-0.2, -0.15) is 5.10 Å². The van der Waals surface area contributed by atoms with E-state index in [0.29, 0.717) is 5.56 Å². The zero-order valence-electron chi connectivity index (χ0n) is 9.62. The van der Waals surface area contributed by atoms with E-state index in [9.17, 15) is 4.79 Å². The van der Waals surface area contributed by atoms with Gasteiger partial charge in [0, 0.05) is 27.1 Å². The van der Waals surface area contributed by atoms with Gasteiger partial charge in [0.2, 0.25) is 0 Å². The number of nitrogens with one attached hydrogen (secondary N) is 2. The third kappa shape index (κ3) is 1.76. The Morgan fingerprint density at radius 3 is 2.89 bits per heavy atom. The first-order valence-corrected chi connectivity index (χ1v) is 6.28. The van der Waals surface area contributed by atoms with Crippen molar-refractivity contribution < 1.29 is 0 Å². The molecule has 0 amide bonds. The molecule has 0 bridgehead atoms. The van der Waals surface area contributed by atoms with E-state index in [2.05, 4.69) is 31.1 Å². The Labute approximate surface area is 111 Å². The van der Waals surface area contributed by atoms with Crippen molar-refractivity contribution in [1.29, 1.82) is 0 Å². The quantitative estimate of drug-likeness (QED) is 0.726. The number of aromatic nitrogens is 3. The molecule has 0 aliphatic rings. The van der Waals surface area contributed by atoms with Gasteiger partial charge in [0.05, 0.1) is 11.3 Å². The first kappa shape index (κ1) is 11.2. The molecule has 3 aromatic rings. The zero-order chi connectivity index (χ0) is 12.7. The van der Waals surface area contributed by atoms with Crippen molar-refractivity contribution in [1.82, 2.24) is 15.2 Å². The highest BCUT2D eigenvalue weighted by molar-refractivity contribution is 9.10. The highest BCUT2D eigenvalue weighted by Gasteiger charge is 2.10. The van der Waals surface area contributed by atoms with E-state index in [1.54, 1.807) is 6.07 Å². The summed E-state index contributed by atoms with van der Waals surface area (Å²) >= 11 is 3.44. The Hall–Kier alpha value is -1.88. The third-order valence-corrected chi connectivity index (χ3v) is 3.36. The molecule has 0 spiro atoms. The minimum Gasteiger partial charge on any atom is -0.361 e. The van der Waals surface area contributed by atoms with Crippen LogP contribution < -0.4 is 5.56 Å². The van der Waals surface area contributed by atoms with Crippen LogP contribution >= 0.6 is 15.9 Å². The van der Waals surface area contributed by atoms with Crippen LogP contribution in [-0.4, -0.2) is 15.2 Å². The number of rotatable bonds is 1. The lowest BCUT2D eigenvalue weighted by Crippen LogP contribution is -2.11. The van der Waals surface area contributed by atoms with E-state index >= 15 is 0 Å². The zero-order valence-corrected chi connectivity index (χ0v) is 11.2. The lowest BCUT2D eigenvalue weighted by Gasteiger charge is -2.00. The maximum absolute atomic E-state index is 11.9. The van der Waals surface area contributed by atoms with Crippen LogP contribution in [0.25, 0.3) is 22.0 Å². The van der Waals surface area contributed by atoms with E-state index in [4.69, 9.17) is 0 Å². The van der Waals surface area contributed by atoms with Crippen molar-refractivity contribution in [3.05, 3.63) is 51.0 Å². The van der Waals surface area contributed by atoms with Gasteiger partial charge >= 0.3 is 0 Å². The average molecular weight is 304 g/mol. The molecule has 0 unspecified atom stereocenters. The molecule has 18 heavy (non-hydrogen) atoms. The number of halogens is 1. The molecular formula is C13H10BrN3O. The Balaban J connectivity index is 2.35. The largest absolute Gasteiger partial charge is 0.361 e. The molecule has 0 saturated heterocycles. The summed E-state index contributed by atoms with van der Waals surface area (Å²) < 4.78 is 0.984. The van der Waals surface area contributed by atoms with Crippen molar-refractivity contribution in [3.63, 3.8) is 0 Å². The van der Waals surface area contributed by atoms with Crippen LogP contribution in [0.2, 0.25) is 0 Å². The van der Waals surface area contributed by atoms with E-state index in [-0.39, 0.29) is 5.56 Å². The second-order valence-electron chi connectivity index (χ2n) is 4.14. The molecule has 2 N–H and O–H groups in total. The molecule has 0 aliphatic heterocycles. The number of H-pyrrole nitrogens is 2. The van der Waals surface area contributed by atoms with Crippen LogP contribution in [0.1, 0.15) is 5.69 Å². The second kappa shape index (κ2) is 4.10. The van der Waals surface area contributed by atoms with E-state index in [1.807, 2.05) is 31.3 Å². The van der Waals surface area contributed by atoms with Crippen molar-refractivity contribution in [2.45, 2.75) is 6.92 Å². The van der Waals surface area contributed by atoms with Gasteiger partial charge < -0.3 is 4.98 Å². The maximum atomic E-state index is 11.9. The van der Waals surface area contributed by atoms with Crippen LogP contribution in [0, 0.1) is 6.92 Å². The SMILES string of the molecule is Cc1cc(-c2c[nH]c3ccc(Br)cc23)c(=O)[nH]n1. The molecule has 5 heteroatoms. The molecule has 0 aliphatic carbocycles. The molecule has 2 aromatic heterocycles. The lowest BCUT2D eigenvalue weighted by molar-refractivity contribution is 0.949. The normalized spacial score (nSPS) is 11.0. The molecule has 2 heterocycles. The minimum absolute atomic E-state index is 0.179. The van der Waals surface area contributed by atoms with Crippen molar-refractivity contribution in [3.8, 4) is 11.1 Å². The number of hydrogen-bond acceptors (Lipinski definition) is 2. The summed E-state index contributed by atoms with van der Waals surface area (Å²) in [4.78, 5) is 15.0. The van der Waals surface area contributed by atoms with Gasteiger partial charge in [-0.05, 0) is 31.2 Å². The fourth-order valence-corrected chi connectivity index (χ4v) is 2.38. The fourth-order valence-electron chi connectivity index (χ4n) is 2.02. The van der Waals surface area contributed by atoms with Gasteiger partial charge in [-0.3, -0.25) is 4.79 Å².